The van der Waals surface area contributed by atoms with E-state index in [1.807, 2.05) is 20.8 Å². The summed E-state index contributed by atoms with van der Waals surface area (Å²) >= 11 is 0. The van der Waals surface area contributed by atoms with E-state index < -0.39 is 23.2 Å². The topological polar surface area (TPSA) is 29.5 Å². The van der Waals surface area contributed by atoms with E-state index in [0.29, 0.717) is 18.4 Å². The second kappa shape index (κ2) is 13.7. The summed E-state index contributed by atoms with van der Waals surface area (Å²) in [5.74, 6) is -2.91. The molecule has 1 N–H and O–H groups in total. The first-order valence-corrected chi connectivity index (χ1v) is 9.61. The number of phenols is 1. The van der Waals surface area contributed by atoms with Crippen molar-refractivity contribution in [3.63, 3.8) is 0 Å². The van der Waals surface area contributed by atoms with Crippen LogP contribution in [0.1, 0.15) is 45.6 Å². The number of ether oxygens (including phenoxy) is 1. The van der Waals surface area contributed by atoms with Crippen LogP contribution in [0.3, 0.4) is 0 Å². The highest BCUT2D eigenvalue weighted by Gasteiger charge is 2.16. The average molecular weight is 411 g/mol. The molecule has 0 aliphatic carbocycles. The van der Waals surface area contributed by atoms with Gasteiger partial charge in [-0.05, 0) is 55.2 Å². The fraction of sp³-hybridized carbons (Fsp3) is 0.417. The normalized spacial score (nSPS) is 13.0. The molecule has 0 saturated heterocycles. The zero-order chi connectivity index (χ0) is 22.6. The SMILES string of the molecule is C=C(/C=C(/F)C(=C)C(C)CCC(C)CCc1ccc(O)c(F)c1F)OC.C=CC. The second-order valence-electron chi connectivity index (χ2n) is 7.09. The Morgan fingerprint density at radius 1 is 1.14 bits per heavy atom. The first-order chi connectivity index (χ1) is 13.6. The average Bonchev–Trinajstić information content (AvgIpc) is 2.69. The molecule has 2 unspecified atom stereocenters. The third-order valence-corrected chi connectivity index (χ3v) is 4.59. The first kappa shape index (κ1) is 26.6. The van der Waals surface area contributed by atoms with Crippen molar-refractivity contribution in [2.75, 3.05) is 7.11 Å². The minimum absolute atomic E-state index is 0.0544. The van der Waals surface area contributed by atoms with Gasteiger partial charge in [0.15, 0.2) is 11.6 Å². The molecule has 0 spiro atoms. The van der Waals surface area contributed by atoms with Crippen LogP contribution in [0.5, 0.6) is 5.75 Å². The van der Waals surface area contributed by atoms with Gasteiger partial charge < -0.3 is 9.84 Å². The van der Waals surface area contributed by atoms with Crippen molar-refractivity contribution >= 4 is 0 Å². The van der Waals surface area contributed by atoms with Crippen LogP contribution in [-0.2, 0) is 11.2 Å². The molecule has 29 heavy (non-hydrogen) atoms. The van der Waals surface area contributed by atoms with Gasteiger partial charge in [-0.2, -0.15) is 4.39 Å². The van der Waals surface area contributed by atoms with E-state index >= 15 is 0 Å². The summed E-state index contributed by atoms with van der Waals surface area (Å²) < 4.78 is 45.9. The lowest BCUT2D eigenvalue weighted by Gasteiger charge is -2.17. The molecule has 0 aromatic heterocycles. The Bertz CT molecular complexity index is 723. The Kier molecular flexibility index (Phi) is 12.5. The minimum Gasteiger partial charge on any atom is -0.505 e. The highest BCUT2D eigenvalue weighted by Crippen LogP contribution is 2.28. The predicted molar refractivity (Wildman–Crippen MR) is 114 cm³/mol. The summed E-state index contributed by atoms with van der Waals surface area (Å²) in [7, 11) is 1.42. The highest BCUT2D eigenvalue weighted by molar-refractivity contribution is 5.30. The number of hydrogen-bond acceptors (Lipinski definition) is 2. The van der Waals surface area contributed by atoms with E-state index in [4.69, 9.17) is 9.84 Å². The summed E-state index contributed by atoms with van der Waals surface area (Å²) in [5.41, 5.74) is 0.638. The van der Waals surface area contributed by atoms with Crippen molar-refractivity contribution in [1.29, 1.82) is 0 Å². The van der Waals surface area contributed by atoms with Crippen LogP contribution in [0.15, 0.2) is 61.2 Å². The summed E-state index contributed by atoms with van der Waals surface area (Å²) in [4.78, 5) is 0. The Balaban J connectivity index is 0.00000245. The van der Waals surface area contributed by atoms with E-state index in [-0.39, 0.29) is 23.2 Å². The van der Waals surface area contributed by atoms with Crippen LogP contribution in [0.2, 0.25) is 0 Å². The van der Waals surface area contributed by atoms with Crippen molar-refractivity contribution in [3.8, 4) is 5.75 Å². The van der Waals surface area contributed by atoms with Gasteiger partial charge in [0.2, 0.25) is 5.82 Å². The molecule has 2 nitrogen and oxygen atoms in total. The molecule has 1 aromatic rings. The van der Waals surface area contributed by atoms with Crippen molar-refractivity contribution < 1.29 is 23.0 Å². The molecule has 0 aliphatic heterocycles. The molecule has 1 aromatic carbocycles. The molecule has 0 heterocycles. The Morgan fingerprint density at radius 3 is 2.28 bits per heavy atom. The number of benzene rings is 1. The van der Waals surface area contributed by atoms with Crippen molar-refractivity contribution in [3.05, 3.63) is 78.4 Å². The van der Waals surface area contributed by atoms with Gasteiger partial charge in [0.1, 0.15) is 11.6 Å². The van der Waals surface area contributed by atoms with Crippen molar-refractivity contribution in [2.24, 2.45) is 11.8 Å². The molecular formula is C24H33F3O2. The van der Waals surface area contributed by atoms with Gasteiger partial charge >= 0.3 is 0 Å². The predicted octanol–water partition coefficient (Wildman–Crippen LogP) is 7.42. The van der Waals surface area contributed by atoms with E-state index in [9.17, 15) is 13.2 Å². The van der Waals surface area contributed by atoms with Gasteiger partial charge in [-0.3, -0.25) is 0 Å². The lowest BCUT2D eigenvalue weighted by molar-refractivity contribution is 0.307. The first-order valence-electron chi connectivity index (χ1n) is 9.61. The van der Waals surface area contributed by atoms with Crippen molar-refractivity contribution in [2.45, 2.75) is 46.5 Å². The van der Waals surface area contributed by atoms with E-state index in [0.717, 1.165) is 18.9 Å². The fourth-order valence-electron chi connectivity index (χ4n) is 2.56. The summed E-state index contributed by atoms with van der Waals surface area (Å²) in [6.45, 7) is 16.5. The Morgan fingerprint density at radius 2 is 1.72 bits per heavy atom. The standard InChI is InChI=1S/C21H27F3O2.C3H6/c1-13(7-9-17-10-11-19(25)21(24)20(17)23)6-8-14(2)16(4)18(22)12-15(3)26-5;1-3-2/h10-14,25H,3-4,6-9H2,1-2,5H3;3H,1H2,2H3/b18-12+;. The van der Waals surface area contributed by atoms with Crippen LogP contribution in [-0.4, -0.2) is 12.2 Å². The number of phenolic OH excluding ortho intramolecular Hbond substituents is 1. The number of hydrogen-bond donors (Lipinski definition) is 1. The number of aromatic hydroxyl groups is 1. The van der Waals surface area contributed by atoms with Gasteiger partial charge in [-0.25, -0.2) is 8.78 Å². The van der Waals surface area contributed by atoms with E-state index in [2.05, 4.69) is 19.7 Å². The zero-order valence-corrected chi connectivity index (χ0v) is 17.9. The smallest absolute Gasteiger partial charge is 0.200 e. The lowest BCUT2D eigenvalue weighted by atomic mass is 9.89. The largest absolute Gasteiger partial charge is 0.505 e. The molecule has 162 valence electrons. The maximum absolute atomic E-state index is 14.0. The molecule has 5 heteroatoms. The molecule has 0 radical (unpaired) electrons. The monoisotopic (exact) mass is 410 g/mol. The molecule has 0 bridgehead atoms. The molecular weight excluding hydrogens is 377 g/mol. The van der Waals surface area contributed by atoms with Gasteiger partial charge in [-0.1, -0.05) is 45.6 Å². The van der Waals surface area contributed by atoms with E-state index in [1.54, 1.807) is 6.08 Å². The fourth-order valence-corrected chi connectivity index (χ4v) is 2.56. The summed E-state index contributed by atoms with van der Waals surface area (Å²) in [6.07, 6.45) is 5.54. The molecule has 1 rings (SSSR count). The number of halogens is 3. The minimum atomic E-state index is -1.21. The Hall–Kier alpha value is -2.43. The third-order valence-electron chi connectivity index (χ3n) is 4.59. The van der Waals surface area contributed by atoms with Gasteiger partial charge in [0.05, 0.1) is 7.11 Å². The molecule has 0 saturated carbocycles. The van der Waals surface area contributed by atoms with Crippen LogP contribution < -0.4 is 0 Å². The van der Waals surface area contributed by atoms with Crippen LogP contribution in [0.4, 0.5) is 13.2 Å². The molecule has 0 fully saturated rings. The summed E-state index contributed by atoms with van der Waals surface area (Å²) in [5, 5.41) is 9.14. The molecule has 2 atom stereocenters. The quantitative estimate of drug-likeness (QED) is 0.247. The zero-order valence-electron chi connectivity index (χ0n) is 17.9. The summed E-state index contributed by atoms with van der Waals surface area (Å²) in [6, 6.07) is 2.56. The molecule has 0 amide bonds. The van der Waals surface area contributed by atoms with Crippen LogP contribution in [0.25, 0.3) is 0 Å². The maximum atomic E-state index is 14.0. The van der Waals surface area contributed by atoms with E-state index in [1.165, 1.54) is 19.3 Å². The van der Waals surface area contributed by atoms with Crippen molar-refractivity contribution in [1.82, 2.24) is 0 Å². The third kappa shape index (κ3) is 9.55. The van der Waals surface area contributed by atoms with Gasteiger partial charge in [0.25, 0.3) is 0 Å². The van der Waals surface area contributed by atoms with Crippen LogP contribution >= 0.6 is 0 Å². The highest BCUT2D eigenvalue weighted by atomic mass is 19.2. The van der Waals surface area contributed by atoms with Crippen LogP contribution in [0, 0.1) is 23.5 Å². The number of rotatable bonds is 10. The Labute approximate surface area is 173 Å². The van der Waals surface area contributed by atoms with Gasteiger partial charge in [0, 0.05) is 6.08 Å². The number of methoxy groups -OCH3 is 1. The number of aryl methyl sites for hydroxylation is 1. The second-order valence-corrected chi connectivity index (χ2v) is 7.09. The number of allylic oxidation sites excluding steroid dienone is 4. The lowest BCUT2D eigenvalue weighted by Crippen LogP contribution is -2.05. The molecule has 0 aliphatic rings. The maximum Gasteiger partial charge on any atom is 0.200 e. The van der Waals surface area contributed by atoms with Gasteiger partial charge in [-0.15, -0.1) is 6.58 Å².